The molecule has 1 heterocycles. The Hall–Kier alpha value is -1.29. The SMILES string of the molecule is Cc1nn(-c2ccccc2)c(N(C)C(C)C(C)C)c1CBr. The summed E-state index contributed by atoms with van der Waals surface area (Å²) in [6.45, 7) is 8.85. The zero-order chi connectivity index (χ0) is 15.6. The van der Waals surface area contributed by atoms with Crippen LogP contribution in [0.3, 0.4) is 0 Å². The number of aryl methyl sites for hydroxylation is 1. The highest BCUT2D eigenvalue weighted by Gasteiger charge is 2.23. The third-order valence-electron chi connectivity index (χ3n) is 4.20. The van der Waals surface area contributed by atoms with Crippen LogP contribution in [0.25, 0.3) is 5.69 Å². The first kappa shape index (κ1) is 16.1. The molecule has 0 N–H and O–H groups in total. The molecule has 0 aliphatic heterocycles. The first-order chi connectivity index (χ1) is 9.97. The zero-order valence-electron chi connectivity index (χ0n) is 13.5. The normalized spacial score (nSPS) is 12.7. The predicted octanol–water partition coefficient (Wildman–Crippen LogP) is 4.56. The Balaban J connectivity index is 2.57. The van der Waals surface area contributed by atoms with Crippen LogP contribution in [0.4, 0.5) is 5.82 Å². The molecule has 0 aliphatic carbocycles. The van der Waals surface area contributed by atoms with Crippen molar-refractivity contribution in [1.29, 1.82) is 0 Å². The van der Waals surface area contributed by atoms with Crippen molar-refractivity contribution in [2.24, 2.45) is 5.92 Å². The van der Waals surface area contributed by atoms with Crippen LogP contribution in [-0.2, 0) is 5.33 Å². The van der Waals surface area contributed by atoms with Crippen molar-refractivity contribution in [3.63, 3.8) is 0 Å². The quantitative estimate of drug-likeness (QED) is 0.738. The summed E-state index contributed by atoms with van der Waals surface area (Å²) in [6.07, 6.45) is 0. The van der Waals surface area contributed by atoms with Crippen molar-refractivity contribution in [2.45, 2.75) is 39.1 Å². The Morgan fingerprint density at radius 2 is 1.81 bits per heavy atom. The minimum Gasteiger partial charge on any atom is -0.356 e. The summed E-state index contributed by atoms with van der Waals surface area (Å²) < 4.78 is 2.06. The summed E-state index contributed by atoms with van der Waals surface area (Å²) in [7, 11) is 2.16. The Bertz CT molecular complexity index is 590. The van der Waals surface area contributed by atoms with Gasteiger partial charge in [0.1, 0.15) is 5.82 Å². The first-order valence-corrected chi connectivity index (χ1v) is 8.52. The summed E-state index contributed by atoms with van der Waals surface area (Å²) in [4.78, 5) is 2.34. The standard InChI is InChI=1S/C17H24BrN3/c1-12(2)14(4)20(5)17-16(11-18)13(3)19-21(17)15-9-7-6-8-10-15/h6-10,12,14H,11H2,1-5H3. The van der Waals surface area contributed by atoms with Crippen LogP contribution >= 0.6 is 15.9 Å². The molecule has 4 heteroatoms. The van der Waals surface area contributed by atoms with E-state index in [0.717, 1.165) is 16.7 Å². The van der Waals surface area contributed by atoms with E-state index in [2.05, 4.69) is 84.5 Å². The van der Waals surface area contributed by atoms with E-state index < -0.39 is 0 Å². The molecule has 1 atom stereocenters. The number of aromatic nitrogens is 2. The van der Waals surface area contributed by atoms with Gasteiger partial charge < -0.3 is 4.90 Å². The van der Waals surface area contributed by atoms with E-state index in [1.807, 2.05) is 6.07 Å². The largest absolute Gasteiger partial charge is 0.356 e. The minimum absolute atomic E-state index is 0.446. The molecular weight excluding hydrogens is 326 g/mol. The van der Waals surface area contributed by atoms with Crippen LogP contribution < -0.4 is 4.90 Å². The molecule has 21 heavy (non-hydrogen) atoms. The Morgan fingerprint density at radius 1 is 1.19 bits per heavy atom. The van der Waals surface area contributed by atoms with Gasteiger partial charge in [-0.25, -0.2) is 4.68 Å². The van der Waals surface area contributed by atoms with Crippen LogP contribution in [0.5, 0.6) is 0 Å². The van der Waals surface area contributed by atoms with E-state index in [9.17, 15) is 0 Å². The number of benzene rings is 1. The second kappa shape index (κ2) is 6.65. The fraction of sp³-hybridized carbons (Fsp3) is 0.471. The number of nitrogens with zero attached hydrogens (tertiary/aromatic N) is 3. The van der Waals surface area contributed by atoms with Gasteiger partial charge in [-0.15, -0.1) is 0 Å². The zero-order valence-corrected chi connectivity index (χ0v) is 15.1. The van der Waals surface area contributed by atoms with Crippen molar-refractivity contribution in [1.82, 2.24) is 9.78 Å². The molecule has 0 saturated carbocycles. The molecule has 2 aromatic rings. The predicted molar refractivity (Wildman–Crippen MR) is 93.6 cm³/mol. The first-order valence-electron chi connectivity index (χ1n) is 7.40. The molecule has 0 spiro atoms. The van der Waals surface area contributed by atoms with Crippen molar-refractivity contribution in [2.75, 3.05) is 11.9 Å². The van der Waals surface area contributed by atoms with E-state index in [-0.39, 0.29) is 0 Å². The fourth-order valence-corrected chi connectivity index (χ4v) is 3.11. The van der Waals surface area contributed by atoms with Gasteiger partial charge >= 0.3 is 0 Å². The molecule has 0 amide bonds. The molecular formula is C17H24BrN3. The Morgan fingerprint density at radius 3 is 2.33 bits per heavy atom. The van der Waals surface area contributed by atoms with Crippen LogP contribution in [0.1, 0.15) is 32.0 Å². The number of alkyl halides is 1. The van der Waals surface area contributed by atoms with E-state index in [1.165, 1.54) is 11.4 Å². The fourth-order valence-electron chi connectivity index (χ4n) is 2.46. The van der Waals surface area contributed by atoms with Crippen LogP contribution in [0, 0.1) is 12.8 Å². The molecule has 1 aromatic heterocycles. The molecule has 0 radical (unpaired) electrons. The molecule has 3 nitrogen and oxygen atoms in total. The van der Waals surface area contributed by atoms with E-state index >= 15 is 0 Å². The molecule has 1 aromatic carbocycles. The lowest BCUT2D eigenvalue weighted by Crippen LogP contribution is -2.35. The highest BCUT2D eigenvalue weighted by atomic mass is 79.9. The second-order valence-electron chi connectivity index (χ2n) is 5.86. The van der Waals surface area contributed by atoms with Gasteiger partial charge in [0, 0.05) is 24.0 Å². The lowest BCUT2D eigenvalue weighted by atomic mass is 10.0. The number of para-hydroxylation sites is 1. The van der Waals surface area contributed by atoms with Crippen LogP contribution in [0.2, 0.25) is 0 Å². The van der Waals surface area contributed by atoms with Crippen LogP contribution in [0.15, 0.2) is 30.3 Å². The molecule has 0 aliphatic rings. The van der Waals surface area contributed by atoms with Crippen molar-refractivity contribution in [3.8, 4) is 5.69 Å². The van der Waals surface area contributed by atoms with Gasteiger partial charge in [-0.2, -0.15) is 5.10 Å². The summed E-state index contributed by atoms with van der Waals surface area (Å²) in [5.74, 6) is 1.76. The van der Waals surface area contributed by atoms with Gasteiger partial charge in [0.15, 0.2) is 0 Å². The highest BCUT2D eigenvalue weighted by molar-refractivity contribution is 9.08. The topological polar surface area (TPSA) is 21.1 Å². The number of hydrogen-bond donors (Lipinski definition) is 0. The smallest absolute Gasteiger partial charge is 0.136 e. The van der Waals surface area contributed by atoms with Gasteiger partial charge in [0.25, 0.3) is 0 Å². The second-order valence-corrected chi connectivity index (χ2v) is 6.42. The molecule has 114 valence electrons. The van der Waals surface area contributed by atoms with Gasteiger partial charge in [-0.3, -0.25) is 0 Å². The third-order valence-corrected chi connectivity index (χ3v) is 4.76. The number of halogens is 1. The van der Waals surface area contributed by atoms with E-state index in [4.69, 9.17) is 5.10 Å². The maximum absolute atomic E-state index is 4.76. The van der Waals surface area contributed by atoms with Gasteiger partial charge in [-0.05, 0) is 31.9 Å². The molecule has 2 rings (SSSR count). The molecule has 0 bridgehead atoms. The maximum Gasteiger partial charge on any atom is 0.136 e. The average Bonchev–Trinajstić information content (AvgIpc) is 2.83. The van der Waals surface area contributed by atoms with Crippen molar-refractivity contribution >= 4 is 21.7 Å². The van der Waals surface area contributed by atoms with E-state index in [0.29, 0.717) is 12.0 Å². The van der Waals surface area contributed by atoms with Gasteiger partial charge in [0.2, 0.25) is 0 Å². The average molecular weight is 350 g/mol. The summed E-state index contributed by atoms with van der Waals surface area (Å²) in [5, 5.41) is 5.58. The Kier molecular flexibility index (Phi) is 5.09. The van der Waals surface area contributed by atoms with E-state index in [1.54, 1.807) is 0 Å². The maximum atomic E-state index is 4.76. The number of anilines is 1. The third kappa shape index (κ3) is 3.15. The summed E-state index contributed by atoms with van der Waals surface area (Å²) in [6, 6.07) is 10.8. The summed E-state index contributed by atoms with van der Waals surface area (Å²) >= 11 is 3.62. The molecule has 0 fully saturated rings. The van der Waals surface area contributed by atoms with Gasteiger partial charge in [-0.1, -0.05) is 48.0 Å². The Labute approximate surface area is 136 Å². The monoisotopic (exact) mass is 349 g/mol. The summed E-state index contributed by atoms with van der Waals surface area (Å²) in [5.41, 5.74) is 3.44. The molecule has 1 unspecified atom stereocenters. The number of hydrogen-bond acceptors (Lipinski definition) is 2. The van der Waals surface area contributed by atoms with Crippen molar-refractivity contribution < 1.29 is 0 Å². The van der Waals surface area contributed by atoms with Crippen molar-refractivity contribution in [3.05, 3.63) is 41.6 Å². The van der Waals surface area contributed by atoms with Gasteiger partial charge in [0.05, 0.1) is 11.4 Å². The lowest BCUT2D eigenvalue weighted by molar-refractivity contribution is 0.499. The minimum atomic E-state index is 0.446. The highest BCUT2D eigenvalue weighted by Crippen LogP contribution is 2.30. The van der Waals surface area contributed by atoms with Crippen LogP contribution in [-0.4, -0.2) is 22.9 Å². The molecule has 0 saturated heterocycles. The lowest BCUT2D eigenvalue weighted by Gasteiger charge is -2.31. The number of rotatable bonds is 5.